The Kier molecular flexibility index (Phi) is 3.64. The van der Waals surface area contributed by atoms with E-state index in [4.69, 9.17) is 11.6 Å². The van der Waals surface area contributed by atoms with Crippen molar-refractivity contribution in [3.05, 3.63) is 17.0 Å². The van der Waals surface area contributed by atoms with E-state index in [1.165, 1.54) is 25.7 Å². The molecule has 1 aromatic heterocycles. The third kappa shape index (κ3) is 2.46. The Balaban J connectivity index is 2.24. The third-order valence-corrected chi connectivity index (χ3v) is 3.39. The summed E-state index contributed by atoms with van der Waals surface area (Å²) in [4.78, 5) is 10.9. The fourth-order valence-corrected chi connectivity index (χ4v) is 2.71. The first-order valence-corrected chi connectivity index (χ1v) is 6.36. The lowest BCUT2D eigenvalue weighted by molar-refractivity contribution is 0.611. The van der Waals surface area contributed by atoms with Gasteiger partial charge in [-0.3, -0.25) is 0 Å². The van der Waals surface area contributed by atoms with Gasteiger partial charge in [0.25, 0.3) is 0 Å². The average molecular weight is 240 g/mol. The maximum absolute atomic E-state index is 5.98. The molecular formula is C12H18ClN3. The summed E-state index contributed by atoms with van der Waals surface area (Å²) in [6.07, 6.45) is 5.21. The van der Waals surface area contributed by atoms with Crippen molar-refractivity contribution in [3.63, 3.8) is 0 Å². The van der Waals surface area contributed by atoms with E-state index < -0.39 is 0 Å². The lowest BCUT2D eigenvalue weighted by Gasteiger charge is -2.28. The average Bonchev–Trinajstić information content (AvgIpc) is 2.70. The number of hydrogen-bond donors (Lipinski definition) is 0. The van der Waals surface area contributed by atoms with E-state index >= 15 is 0 Å². The molecule has 1 aliphatic carbocycles. The second kappa shape index (κ2) is 5.00. The molecule has 0 amide bonds. The summed E-state index contributed by atoms with van der Waals surface area (Å²) in [6.45, 7) is 5.04. The van der Waals surface area contributed by atoms with Crippen LogP contribution in [-0.2, 0) is 0 Å². The van der Waals surface area contributed by atoms with Gasteiger partial charge in [-0.2, -0.15) is 0 Å². The minimum atomic E-state index is 0.541. The summed E-state index contributed by atoms with van der Waals surface area (Å²) in [7, 11) is 0. The number of halogens is 1. The molecule has 0 atom stereocenters. The molecule has 1 aromatic rings. The minimum Gasteiger partial charge on any atom is -0.354 e. The number of rotatable bonds is 3. The molecule has 1 fully saturated rings. The zero-order valence-corrected chi connectivity index (χ0v) is 10.7. The van der Waals surface area contributed by atoms with Gasteiger partial charge in [0.2, 0.25) is 0 Å². The largest absolute Gasteiger partial charge is 0.354 e. The molecule has 0 bridgehead atoms. The van der Waals surface area contributed by atoms with E-state index in [-0.39, 0.29) is 0 Å². The highest BCUT2D eigenvalue weighted by molar-refractivity contribution is 6.29. The standard InChI is InChI=1S/C12H18ClN3/c1-3-16(10-6-4-5-7-10)12-8-11(13)14-9(2)15-12/h8,10H,3-7H2,1-2H3. The van der Waals surface area contributed by atoms with Crippen LogP contribution < -0.4 is 4.90 Å². The molecule has 1 heterocycles. The van der Waals surface area contributed by atoms with Gasteiger partial charge in [0.1, 0.15) is 16.8 Å². The fraction of sp³-hybridized carbons (Fsp3) is 0.667. The smallest absolute Gasteiger partial charge is 0.134 e. The quantitative estimate of drug-likeness (QED) is 0.759. The summed E-state index contributed by atoms with van der Waals surface area (Å²) in [5.74, 6) is 1.73. The number of hydrogen-bond acceptors (Lipinski definition) is 3. The van der Waals surface area contributed by atoms with Crippen LogP contribution in [0.3, 0.4) is 0 Å². The molecule has 0 N–H and O–H groups in total. The SMILES string of the molecule is CCN(c1cc(Cl)nc(C)n1)C1CCCC1. The zero-order chi connectivity index (χ0) is 11.5. The van der Waals surface area contributed by atoms with Gasteiger partial charge in [-0.15, -0.1) is 0 Å². The summed E-state index contributed by atoms with van der Waals surface area (Å²) in [5, 5.41) is 0.541. The Morgan fingerprint density at radius 3 is 2.62 bits per heavy atom. The lowest BCUT2D eigenvalue weighted by atomic mass is 10.2. The molecule has 4 heteroatoms. The molecule has 0 spiro atoms. The molecule has 88 valence electrons. The Morgan fingerprint density at radius 2 is 2.06 bits per heavy atom. The van der Waals surface area contributed by atoms with E-state index in [1.54, 1.807) is 0 Å². The van der Waals surface area contributed by atoms with Crippen molar-refractivity contribution < 1.29 is 0 Å². The fourth-order valence-electron chi connectivity index (χ4n) is 2.49. The Hall–Kier alpha value is -0.830. The monoisotopic (exact) mass is 239 g/mol. The molecule has 0 aromatic carbocycles. The first-order valence-electron chi connectivity index (χ1n) is 5.98. The minimum absolute atomic E-state index is 0.541. The number of anilines is 1. The summed E-state index contributed by atoms with van der Waals surface area (Å²) in [5.41, 5.74) is 0. The van der Waals surface area contributed by atoms with Crippen LogP contribution in [0.5, 0.6) is 0 Å². The summed E-state index contributed by atoms with van der Waals surface area (Å²) >= 11 is 5.98. The molecule has 0 radical (unpaired) electrons. The van der Waals surface area contributed by atoms with E-state index in [0.29, 0.717) is 11.2 Å². The van der Waals surface area contributed by atoms with Crippen molar-refractivity contribution in [1.29, 1.82) is 0 Å². The van der Waals surface area contributed by atoms with E-state index in [9.17, 15) is 0 Å². The Morgan fingerprint density at radius 1 is 1.38 bits per heavy atom. The van der Waals surface area contributed by atoms with E-state index in [1.807, 2.05) is 13.0 Å². The van der Waals surface area contributed by atoms with Crippen LogP contribution in [0.15, 0.2) is 6.07 Å². The first-order chi connectivity index (χ1) is 7.70. The summed E-state index contributed by atoms with van der Waals surface area (Å²) < 4.78 is 0. The molecule has 3 nitrogen and oxygen atoms in total. The maximum atomic E-state index is 5.98. The second-order valence-corrected chi connectivity index (χ2v) is 4.71. The highest BCUT2D eigenvalue weighted by Crippen LogP contribution is 2.27. The number of nitrogens with zero attached hydrogens (tertiary/aromatic N) is 3. The molecule has 1 saturated carbocycles. The predicted octanol–water partition coefficient (Wildman–Crippen LogP) is 3.21. The number of aryl methyl sites for hydroxylation is 1. The van der Waals surface area contributed by atoms with Gasteiger partial charge in [0.15, 0.2) is 0 Å². The molecule has 2 rings (SSSR count). The Bertz CT molecular complexity index is 341. The molecule has 0 unspecified atom stereocenters. The van der Waals surface area contributed by atoms with Crippen LogP contribution in [-0.4, -0.2) is 22.6 Å². The molecule has 1 aliphatic rings. The van der Waals surface area contributed by atoms with Crippen LogP contribution in [0.25, 0.3) is 0 Å². The molecular weight excluding hydrogens is 222 g/mol. The van der Waals surface area contributed by atoms with Crippen molar-refractivity contribution in [2.75, 3.05) is 11.4 Å². The highest BCUT2D eigenvalue weighted by Gasteiger charge is 2.22. The predicted molar refractivity (Wildman–Crippen MR) is 67.1 cm³/mol. The lowest BCUT2D eigenvalue weighted by Crippen LogP contribution is -2.33. The van der Waals surface area contributed by atoms with Crippen LogP contribution in [0, 0.1) is 6.92 Å². The van der Waals surface area contributed by atoms with Crippen molar-refractivity contribution in [2.45, 2.75) is 45.6 Å². The molecule has 0 aliphatic heterocycles. The molecule has 16 heavy (non-hydrogen) atoms. The van der Waals surface area contributed by atoms with Crippen LogP contribution in [0.2, 0.25) is 5.15 Å². The third-order valence-electron chi connectivity index (χ3n) is 3.19. The van der Waals surface area contributed by atoms with Gasteiger partial charge in [0.05, 0.1) is 0 Å². The normalized spacial score (nSPS) is 16.7. The van der Waals surface area contributed by atoms with Crippen molar-refractivity contribution in [3.8, 4) is 0 Å². The second-order valence-electron chi connectivity index (χ2n) is 4.32. The van der Waals surface area contributed by atoms with Gasteiger partial charge in [-0.05, 0) is 26.7 Å². The van der Waals surface area contributed by atoms with Crippen LogP contribution in [0.4, 0.5) is 5.82 Å². The van der Waals surface area contributed by atoms with Gasteiger partial charge in [0, 0.05) is 18.7 Å². The maximum Gasteiger partial charge on any atom is 0.134 e. The summed E-state index contributed by atoms with van der Waals surface area (Å²) in [6, 6.07) is 2.51. The van der Waals surface area contributed by atoms with E-state index in [0.717, 1.165) is 18.2 Å². The van der Waals surface area contributed by atoms with Crippen molar-refractivity contribution >= 4 is 17.4 Å². The van der Waals surface area contributed by atoms with Crippen molar-refractivity contribution in [1.82, 2.24) is 9.97 Å². The van der Waals surface area contributed by atoms with Gasteiger partial charge in [-0.1, -0.05) is 24.4 Å². The van der Waals surface area contributed by atoms with Gasteiger partial charge >= 0.3 is 0 Å². The first kappa shape index (κ1) is 11.6. The number of aromatic nitrogens is 2. The van der Waals surface area contributed by atoms with Crippen molar-refractivity contribution in [2.24, 2.45) is 0 Å². The Labute approximate surface area is 102 Å². The van der Waals surface area contributed by atoms with Gasteiger partial charge < -0.3 is 4.90 Å². The molecule has 0 saturated heterocycles. The van der Waals surface area contributed by atoms with Crippen LogP contribution in [0.1, 0.15) is 38.4 Å². The van der Waals surface area contributed by atoms with Crippen LogP contribution >= 0.6 is 11.6 Å². The zero-order valence-electron chi connectivity index (χ0n) is 9.91. The topological polar surface area (TPSA) is 29.0 Å². The highest BCUT2D eigenvalue weighted by atomic mass is 35.5. The van der Waals surface area contributed by atoms with E-state index in [2.05, 4.69) is 21.8 Å². The van der Waals surface area contributed by atoms with Gasteiger partial charge in [-0.25, -0.2) is 9.97 Å².